The number of rotatable bonds is 0. The van der Waals surface area contributed by atoms with Gasteiger partial charge in [0.2, 0.25) is 0 Å². The zero-order valence-electron chi connectivity index (χ0n) is 5.80. The van der Waals surface area contributed by atoms with Crippen LogP contribution in [0.5, 0.6) is 0 Å². The molecular formula is C7H11NOS. The summed E-state index contributed by atoms with van der Waals surface area (Å²) < 4.78 is 5.45. The van der Waals surface area contributed by atoms with Crippen molar-refractivity contribution in [3.8, 4) is 0 Å². The molecule has 0 amide bonds. The van der Waals surface area contributed by atoms with Gasteiger partial charge in [-0.3, -0.25) is 5.32 Å². The Balaban J connectivity index is 1.89. The first-order valence-electron chi connectivity index (χ1n) is 3.89. The van der Waals surface area contributed by atoms with Crippen molar-refractivity contribution in [2.24, 2.45) is 5.92 Å². The molecule has 0 radical (unpaired) electrons. The molecule has 0 saturated carbocycles. The minimum Gasteiger partial charge on any atom is -0.379 e. The molecule has 3 rings (SSSR count). The second-order valence-electron chi connectivity index (χ2n) is 3.44. The zero-order valence-corrected chi connectivity index (χ0v) is 6.62. The lowest BCUT2D eigenvalue weighted by Gasteiger charge is -2.26. The number of hydrogen-bond acceptors (Lipinski definition) is 3. The van der Waals surface area contributed by atoms with E-state index in [1.165, 1.54) is 12.2 Å². The maximum Gasteiger partial charge on any atom is 0.0748 e. The lowest BCUT2D eigenvalue weighted by atomic mass is 9.90. The molecule has 3 atom stereocenters. The summed E-state index contributed by atoms with van der Waals surface area (Å²) in [6.07, 6.45) is 1.27. The molecule has 3 heteroatoms. The van der Waals surface area contributed by atoms with E-state index >= 15 is 0 Å². The van der Waals surface area contributed by atoms with Crippen molar-refractivity contribution in [2.75, 3.05) is 19.0 Å². The molecular weight excluding hydrogens is 146 g/mol. The summed E-state index contributed by atoms with van der Waals surface area (Å²) in [7, 11) is 0. The maximum absolute atomic E-state index is 5.45. The Labute approximate surface area is 64.7 Å². The van der Waals surface area contributed by atoms with E-state index in [9.17, 15) is 0 Å². The highest BCUT2D eigenvalue weighted by Crippen LogP contribution is 2.52. The van der Waals surface area contributed by atoms with Gasteiger partial charge in [-0.15, -0.1) is 11.8 Å². The molecule has 2 nitrogen and oxygen atoms in total. The van der Waals surface area contributed by atoms with Crippen LogP contribution in [0.15, 0.2) is 0 Å². The van der Waals surface area contributed by atoms with E-state index in [2.05, 4.69) is 17.1 Å². The molecule has 0 aromatic heterocycles. The predicted molar refractivity (Wildman–Crippen MR) is 41.0 cm³/mol. The molecule has 1 spiro atoms. The lowest BCUT2D eigenvalue weighted by Crippen LogP contribution is -2.37. The minimum atomic E-state index is 0.447. The summed E-state index contributed by atoms with van der Waals surface area (Å²) >= 11 is 2.08. The Morgan fingerprint density at radius 2 is 2.60 bits per heavy atom. The van der Waals surface area contributed by atoms with Gasteiger partial charge in [0.25, 0.3) is 0 Å². The first kappa shape index (κ1) is 5.86. The zero-order chi connectivity index (χ0) is 6.60. The molecule has 3 fully saturated rings. The van der Waals surface area contributed by atoms with Crippen LogP contribution in [0.3, 0.4) is 0 Å². The van der Waals surface area contributed by atoms with E-state index in [0.29, 0.717) is 5.54 Å². The number of ether oxygens (including phenoxy) is 1. The summed E-state index contributed by atoms with van der Waals surface area (Å²) in [5, 5.41) is 4.27. The van der Waals surface area contributed by atoms with Crippen LogP contribution in [0, 0.1) is 5.92 Å². The van der Waals surface area contributed by atoms with Gasteiger partial charge in [-0.05, 0) is 18.1 Å². The smallest absolute Gasteiger partial charge is 0.0748 e. The van der Waals surface area contributed by atoms with Gasteiger partial charge in [-0.1, -0.05) is 0 Å². The fourth-order valence-corrected chi connectivity index (χ4v) is 3.88. The van der Waals surface area contributed by atoms with Gasteiger partial charge in [-0.25, -0.2) is 0 Å². The third kappa shape index (κ3) is 0.547. The quantitative estimate of drug-likeness (QED) is 0.518. The van der Waals surface area contributed by atoms with Crippen LogP contribution in [-0.4, -0.2) is 29.9 Å². The van der Waals surface area contributed by atoms with Gasteiger partial charge >= 0.3 is 0 Å². The van der Waals surface area contributed by atoms with E-state index in [1.54, 1.807) is 0 Å². The average molecular weight is 157 g/mol. The fourth-order valence-electron chi connectivity index (χ4n) is 2.13. The molecule has 3 unspecified atom stereocenters. The van der Waals surface area contributed by atoms with Crippen LogP contribution < -0.4 is 5.32 Å². The van der Waals surface area contributed by atoms with Crippen LogP contribution in [0.2, 0.25) is 0 Å². The molecule has 1 N–H and O–H groups in total. The van der Waals surface area contributed by atoms with Crippen LogP contribution >= 0.6 is 11.8 Å². The Morgan fingerprint density at radius 3 is 3.40 bits per heavy atom. The first-order chi connectivity index (χ1) is 4.92. The highest BCUT2D eigenvalue weighted by atomic mass is 32.2. The van der Waals surface area contributed by atoms with Crippen LogP contribution in [0.1, 0.15) is 6.42 Å². The highest BCUT2D eigenvalue weighted by molar-refractivity contribution is 8.00. The van der Waals surface area contributed by atoms with E-state index < -0.39 is 0 Å². The van der Waals surface area contributed by atoms with Gasteiger partial charge in [0.05, 0.1) is 17.5 Å². The molecule has 3 aliphatic rings. The molecule has 3 heterocycles. The van der Waals surface area contributed by atoms with Crippen LogP contribution in [0.25, 0.3) is 0 Å². The summed E-state index contributed by atoms with van der Waals surface area (Å²) in [6, 6.07) is 0. The van der Waals surface area contributed by atoms with Gasteiger partial charge in [-0.2, -0.15) is 0 Å². The van der Waals surface area contributed by atoms with E-state index in [4.69, 9.17) is 4.74 Å². The van der Waals surface area contributed by atoms with Crippen molar-refractivity contribution < 1.29 is 4.74 Å². The summed E-state index contributed by atoms with van der Waals surface area (Å²) in [6.45, 7) is 1.96. The second kappa shape index (κ2) is 1.71. The third-order valence-corrected chi connectivity index (χ3v) is 4.40. The van der Waals surface area contributed by atoms with Crippen molar-refractivity contribution in [1.82, 2.24) is 5.32 Å². The van der Waals surface area contributed by atoms with Crippen molar-refractivity contribution in [3.63, 3.8) is 0 Å². The molecule has 0 aliphatic carbocycles. The van der Waals surface area contributed by atoms with Gasteiger partial charge < -0.3 is 4.74 Å². The van der Waals surface area contributed by atoms with Crippen molar-refractivity contribution in [1.29, 1.82) is 0 Å². The van der Waals surface area contributed by atoms with Gasteiger partial charge in [0.1, 0.15) is 0 Å². The van der Waals surface area contributed by atoms with Crippen LogP contribution in [0.4, 0.5) is 0 Å². The Kier molecular flexibility index (Phi) is 1.00. The largest absolute Gasteiger partial charge is 0.379 e. The Morgan fingerprint density at radius 1 is 1.60 bits per heavy atom. The summed E-state index contributed by atoms with van der Waals surface area (Å²) in [4.78, 5) is 0. The second-order valence-corrected chi connectivity index (χ2v) is 4.57. The highest BCUT2D eigenvalue weighted by Gasteiger charge is 2.64. The van der Waals surface area contributed by atoms with Gasteiger partial charge in [0.15, 0.2) is 0 Å². The Bertz CT molecular complexity index is 175. The minimum absolute atomic E-state index is 0.447. The van der Waals surface area contributed by atoms with E-state index in [0.717, 1.165) is 24.5 Å². The Hall–Kier alpha value is 0.270. The standard InChI is InChI=1S/C7H11NOS/c1-2-9-4-7-5(1)3-10-6(7)8-7/h5-6,8H,1-4H2. The summed E-state index contributed by atoms with van der Waals surface area (Å²) in [5.41, 5.74) is 0.447. The molecule has 3 aliphatic heterocycles. The predicted octanol–water partition coefficient (Wildman–Crippen LogP) is 0.438. The third-order valence-electron chi connectivity index (χ3n) is 2.93. The van der Waals surface area contributed by atoms with Crippen molar-refractivity contribution in [3.05, 3.63) is 0 Å². The van der Waals surface area contributed by atoms with Crippen molar-refractivity contribution >= 4 is 11.8 Å². The number of hydrogen-bond donors (Lipinski definition) is 1. The normalized spacial score (nSPS) is 57.6. The molecule has 0 aromatic rings. The lowest BCUT2D eigenvalue weighted by molar-refractivity contribution is 0.0443. The van der Waals surface area contributed by atoms with Crippen LogP contribution in [-0.2, 0) is 4.74 Å². The van der Waals surface area contributed by atoms with Gasteiger partial charge in [0, 0.05) is 6.61 Å². The van der Waals surface area contributed by atoms with E-state index in [-0.39, 0.29) is 0 Å². The average Bonchev–Trinajstić information content (AvgIpc) is 2.55. The fraction of sp³-hybridized carbons (Fsp3) is 1.00. The maximum atomic E-state index is 5.45. The van der Waals surface area contributed by atoms with E-state index in [1.807, 2.05) is 0 Å². The monoisotopic (exact) mass is 157 g/mol. The molecule has 0 bridgehead atoms. The number of thioether (sulfide) groups is 1. The molecule has 56 valence electrons. The summed E-state index contributed by atoms with van der Waals surface area (Å²) in [5.74, 6) is 2.28. The molecule has 10 heavy (non-hydrogen) atoms. The number of nitrogens with one attached hydrogen (secondary N) is 1. The first-order valence-corrected chi connectivity index (χ1v) is 4.94. The SMILES string of the molecule is C1CC2CSC3NC23CO1. The molecule has 0 aromatic carbocycles. The molecule has 3 saturated heterocycles. The topological polar surface area (TPSA) is 31.2 Å². The van der Waals surface area contributed by atoms with Crippen molar-refractivity contribution in [2.45, 2.75) is 17.3 Å².